The van der Waals surface area contributed by atoms with Gasteiger partial charge in [-0.15, -0.1) is 0 Å². The molecule has 1 heterocycles. The molecule has 2 rings (SSSR count). The summed E-state index contributed by atoms with van der Waals surface area (Å²) < 4.78 is 33.6. The molecule has 2 unspecified atom stereocenters. The van der Waals surface area contributed by atoms with Crippen molar-refractivity contribution in [3.63, 3.8) is 0 Å². The molecule has 0 spiro atoms. The van der Waals surface area contributed by atoms with Crippen molar-refractivity contribution in [3.05, 3.63) is 29.3 Å². The third kappa shape index (κ3) is 4.03. The summed E-state index contributed by atoms with van der Waals surface area (Å²) in [7, 11) is -3.52. The SMILES string of the molecule is CCc1ccc(CN)cc1S(=O)(=O)NC1CCOC(C)C1. The van der Waals surface area contributed by atoms with Crippen LogP contribution in [-0.2, 0) is 27.7 Å². The van der Waals surface area contributed by atoms with Gasteiger partial charge in [-0.1, -0.05) is 19.1 Å². The molecule has 21 heavy (non-hydrogen) atoms. The Morgan fingerprint density at radius 2 is 2.19 bits per heavy atom. The van der Waals surface area contributed by atoms with Crippen molar-refractivity contribution < 1.29 is 13.2 Å². The van der Waals surface area contributed by atoms with E-state index in [0.717, 1.165) is 11.1 Å². The molecule has 6 heteroatoms. The van der Waals surface area contributed by atoms with Gasteiger partial charge in [0.1, 0.15) is 0 Å². The second kappa shape index (κ2) is 6.87. The molecule has 1 aliphatic rings. The first-order valence-electron chi connectivity index (χ1n) is 7.42. The van der Waals surface area contributed by atoms with Gasteiger partial charge >= 0.3 is 0 Å². The number of ether oxygens (including phenoxy) is 1. The van der Waals surface area contributed by atoms with Crippen LogP contribution in [0.1, 0.15) is 37.8 Å². The summed E-state index contributed by atoms with van der Waals surface area (Å²) in [6.07, 6.45) is 2.18. The highest BCUT2D eigenvalue weighted by Crippen LogP contribution is 2.21. The Morgan fingerprint density at radius 1 is 1.43 bits per heavy atom. The zero-order chi connectivity index (χ0) is 15.5. The maximum Gasteiger partial charge on any atom is 0.241 e. The zero-order valence-electron chi connectivity index (χ0n) is 12.6. The number of nitrogens with two attached hydrogens (primary N) is 1. The molecule has 2 atom stereocenters. The van der Waals surface area contributed by atoms with Crippen molar-refractivity contribution in [3.8, 4) is 0 Å². The Labute approximate surface area is 126 Å². The van der Waals surface area contributed by atoms with Crippen LogP contribution in [0.15, 0.2) is 23.1 Å². The maximum absolute atomic E-state index is 12.7. The van der Waals surface area contributed by atoms with Crippen LogP contribution in [0.3, 0.4) is 0 Å². The molecule has 1 aromatic carbocycles. The van der Waals surface area contributed by atoms with Crippen LogP contribution in [0.25, 0.3) is 0 Å². The molecule has 0 bridgehead atoms. The van der Waals surface area contributed by atoms with Crippen molar-refractivity contribution in [1.29, 1.82) is 0 Å². The summed E-state index contributed by atoms with van der Waals surface area (Å²) in [5.41, 5.74) is 7.27. The fraction of sp³-hybridized carbons (Fsp3) is 0.600. The molecule has 0 amide bonds. The van der Waals surface area contributed by atoms with E-state index in [9.17, 15) is 8.42 Å². The number of rotatable bonds is 5. The van der Waals surface area contributed by atoms with Crippen molar-refractivity contribution in [1.82, 2.24) is 4.72 Å². The highest BCUT2D eigenvalue weighted by atomic mass is 32.2. The molecule has 1 fully saturated rings. The molecular formula is C15H24N2O3S. The quantitative estimate of drug-likeness (QED) is 0.864. The van der Waals surface area contributed by atoms with Crippen molar-refractivity contribution in [2.45, 2.75) is 56.7 Å². The lowest BCUT2D eigenvalue weighted by Crippen LogP contribution is -2.41. The fourth-order valence-electron chi connectivity index (χ4n) is 2.66. The van der Waals surface area contributed by atoms with Gasteiger partial charge in [0.05, 0.1) is 11.0 Å². The van der Waals surface area contributed by atoms with E-state index in [4.69, 9.17) is 10.5 Å². The first kappa shape index (κ1) is 16.4. The van der Waals surface area contributed by atoms with Crippen molar-refractivity contribution >= 4 is 10.0 Å². The molecule has 118 valence electrons. The van der Waals surface area contributed by atoms with Crippen LogP contribution in [0.4, 0.5) is 0 Å². The molecule has 1 aliphatic heterocycles. The second-order valence-corrected chi connectivity index (χ2v) is 7.21. The van der Waals surface area contributed by atoms with Crippen molar-refractivity contribution in [2.24, 2.45) is 5.73 Å². The standard InChI is InChI=1S/C15H24N2O3S/c1-3-13-5-4-12(10-16)9-15(13)21(18,19)17-14-6-7-20-11(2)8-14/h4-5,9,11,14,17H,3,6-8,10,16H2,1-2H3. The Balaban J connectivity index is 2.26. The Bertz CT molecular complexity index is 587. The monoisotopic (exact) mass is 312 g/mol. The first-order chi connectivity index (χ1) is 9.96. The van der Waals surface area contributed by atoms with E-state index in [2.05, 4.69) is 4.72 Å². The van der Waals surface area contributed by atoms with E-state index in [0.29, 0.717) is 37.3 Å². The third-order valence-corrected chi connectivity index (χ3v) is 5.45. The first-order valence-corrected chi connectivity index (χ1v) is 8.90. The molecule has 0 radical (unpaired) electrons. The molecule has 0 saturated carbocycles. The van der Waals surface area contributed by atoms with Crippen molar-refractivity contribution in [2.75, 3.05) is 6.61 Å². The number of benzene rings is 1. The molecule has 1 saturated heterocycles. The summed E-state index contributed by atoms with van der Waals surface area (Å²) in [5.74, 6) is 0. The van der Waals surface area contributed by atoms with Gasteiger partial charge in [0.15, 0.2) is 0 Å². The summed E-state index contributed by atoms with van der Waals surface area (Å²) in [6, 6.07) is 5.35. The summed E-state index contributed by atoms with van der Waals surface area (Å²) in [6.45, 7) is 4.85. The highest BCUT2D eigenvalue weighted by Gasteiger charge is 2.26. The number of aryl methyl sites for hydroxylation is 1. The predicted octanol–water partition coefficient (Wildman–Crippen LogP) is 1.55. The summed E-state index contributed by atoms with van der Waals surface area (Å²) in [5, 5.41) is 0. The topological polar surface area (TPSA) is 81.4 Å². The minimum atomic E-state index is -3.52. The highest BCUT2D eigenvalue weighted by molar-refractivity contribution is 7.89. The van der Waals surface area contributed by atoms with E-state index in [1.54, 1.807) is 6.07 Å². The largest absolute Gasteiger partial charge is 0.378 e. The van der Waals surface area contributed by atoms with E-state index in [1.807, 2.05) is 26.0 Å². The Morgan fingerprint density at radius 3 is 2.81 bits per heavy atom. The van der Waals surface area contributed by atoms with E-state index in [1.165, 1.54) is 0 Å². The van der Waals surface area contributed by atoms with E-state index >= 15 is 0 Å². The van der Waals surface area contributed by atoms with Gasteiger partial charge in [0, 0.05) is 19.2 Å². The van der Waals surface area contributed by atoms with Gasteiger partial charge in [-0.05, 0) is 43.4 Å². The van der Waals surface area contributed by atoms with Gasteiger partial charge in [0.2, 0.25) is 10.0 Å². The van der Waals surface area contributed by atoms with Crippen LogP contribution in [0.2, 0.25) is 0 Å². The number of sulfonamides is 1. The molecule has 0 aromatic heterocycles. The maximum atomic E-state index is 12.7. The van der Waals surface area contributed by atoms with Gasteiger partial charge in [-0.2, -0.15) is 0 Å². The fourth-order valence-corrected chi connectivity index (χ4v) is 4.30. The lowest BCUT2D eigenvalue weighted by molar-refractivity contribution is 0.0173. The number of hydrogen-bond donors (Lipinski definition) is 2. The van der Waals surface area contributed by atoms with Crippen LogP contribution < -0.4 is 10.5 Å². The summed E-state index contributed by atoms with van der Waals surface area (Å²) in [4.78, 5) is 0.354. The minimum absolute atomic E-state index is 0.0648. The Kier molecular flexibility index (Phi) is 5.37. The summed E-state index contributed by atoms with van der Waals surface area (Å²) >= 11 is 0. The number of nitrogens with one attached hydrogen (secondary N) is 1. The molecular weight excluding hydrogens is 288 g/mol. The van der Waals surface area contributed by atoms with Gasteiger partial charge < -0.3 is 10.5 Å². The predicted molar refractivity (Wildman–Crippen MR) is 82.5 cm³/mol. The van der Waals surface area contributed by atoms with Crippen LogP contribution in [0.5, 0.6) is 0 Å². The molecule has 5 nitrogen and oxygen atoms in total. The van der Waals surface area contributed by atoms with Gasteiger partial charge in [0.25, 0.3) is 0 Å². The lowest BCUT2D eigenvalue weighted by Gasteiger charge is -2.28. The number of hydrogen-bond acceptors (Lipinski definition) is 4. The van der Waals surface area contributed by atoms with Crippen LogP contribution in [0, 0.1) is 0 Å². The minimum Gasteiger partial charge on any atom is -0.378 e. The average molecular weight is 312 g/mol. The smallest absolute Gasteiger partial charge is 0.241 e. The van der Waals surface area contributed by atoms with E-state index < -0.39 is 10.0 Å². The lowest BCUT2D eigenvalue weighted by atomic mass is 10.1. The second-order valence-electron chi connectivity index (χ2n) is 5.52. The van der Waals surface area contributed by atoms with Gasteiger partial charge in [-0.3, -0.25) is 0 Å². The zero-order valence-corrected chi connectivity index (χ0v) is 13.4. The molecule has 3 N–H and O–H groups in total. The molecule has 1 aromatic rings. The van der Waals surface area contributed by atoms with Crippen LogP contribution >= 0.6 is 0 Å². The van der Waals surface area contributed by atoms with Crippen LogP contribution in [-0.4, -0.2) is 27.2 Å². The van der Waals surface area contributed by atoms with E-state index in [-0.39, 0.29) is 12.1 Å². The average Bonchev–Trinajstić information content (AvgIpc) is 2.46. The molecule has 0 aliphatic carbocycles. The normalized spacial score (nSPS) is 23.2. The Hall–Kier alpha value is -0.950. The third-order valence-electron chi connectivity index (χ3n) is 3.84. The van der Waals surface area contributed by atoms with Gasteiger partial charge in [-0.25, -0.2) is 13.1 Å².